The van der Waals surface area contributed by atoms with Gasteiger partial charge < -0.3 is 14.6 Å². The fourth-order valence-corrected chi connectivity index (χ4v) is 2.40. The van der Waals surface area contributed by atoms with Crippen LogP contribution in [0.3, 0.4) is 0 Å². The molecule has 0 bridgehead atoms. The molecule has 0 spiro atoms. The van der Waals surface area contributed by atoms with Crippen molar-refractivity contribution in [3.8, 4) is 5.75 Å². The number of nitrogens with one attached hydrogen (secondary N) is 1. The van der Waals surface area contributed by atoms with Crippen molar-refractivity contribution < 1.29 is 9.53 Å². The fourth-order valence-electron chi connectivity index (χ4n) is 2.40. The second kappa shape index (κ2) is 7.81. The lowest BCUT2D eigenvalue weighted by atomic mass is 10.0. The highest BCUT2D eigenvalue weighted by molar-refractivity contribution is 5.76. The van der Waals surface area contributed by atoms with Crippen LogP contribution in [-0.2, 0) is 11.8 Å². The molecule has 0 radical (unpaired) electrons. The summed E-state index contributed by atoms with van der Waals surface area (Å²) in [5, 5.41) is 3.11. The number of imidazole rings is 1. The number of aryl methyl sites for hydroxylation is 1. The van der Waals surface area contributed by atoms with Crippen LogP contribution in [-0.4, -0.2) is 22.6 Å². The lowest BCUT2D eigenvalue weighted by Crippen LogP contribution is -2.31. The topological polar surface area (TPSA) is 56.1 Å². The molecular formula is C18H25N3O2. The molecular weight excluding hydrogens is 290 g/mol. The number of hydrogen-bond acceptors (Lipinski definition) is 3. The zero-order valence-electron chi connectivity index (χ0n) is 14.2. The van der Waals surface area contributed by atoms with Crippen molar-refractivity contribution in [1.82, 2.24) is 14.9 Å². The summed E-state index contributed by atoms with van der Waals surface area (Å²) >= 11 is 0. The normalized spacial score (nSPS) is 12.2. The number of aromatic nitrogens is 2. The Morgan fingerprint density at radius 2 is 2.00 bits per heavy atom. The van der Waals surface area contributed by atoms with Gasteiger partial charge in [0.25, 0.3) is 0 Å². The number of ether oxygens (including phenoxy) is 1. The van der Waals surface area contributed by atoms with Gasteiger partial charge in [-0.3, -0.25) is 4.79 Å². The lowest BCUT2D eigenvalue weighted by Gasteiger charge is -2.20. The van der Waals surface area contributed by atoms with Gasteiger partial charge in [-0.25, -0.2) is 4.98 Å². The van der Waals surface area contributed by atoms with E-state index in [1.807, 2.05) is 42.1 Å². The Kier molecular flexibility index (Phi) is 5.79. The maximum Gasteiger partial charge on any atom is 0.220 e. The summed E-state index contributed by atoms with van der Waals surface area (Å²) in [6, 6.07) is 7.44. The van der Waals surface area contributed by atoms with Crippen LogP contribution >= 0.6 is 0 Å². The number of nitrogens with zero attached hydrogens (tertiary/aromatic N) is 2. The van der Waals surface area contributed by atoms with Crippen LogP contribution in [0, 0.1) is 5.92 Å². The van der Waals surface area contributed by atoms with Gasteiger partial charge in [0.15, 0.2) is 0 Å². The summed E-state index contributed by atoms with van der Waals surface area (Å²) < 4.78 is 7.13. The van der Waals surface area contributed by atoms with E-state index in [9.17, 15) is 4.79 Å². The third kappa shape index (κ3) is 4.58. The Labute approximate surface area is 137 Å². The zero-order chi connectivity index (χ0) is 16.8. The molecule has 0 aliphatic heterocycles. The van der Waals surface area contributed by atoms with E-state index in [0.29, 0.717) is 12.3 Å². The first-order valence-electron chi connectivity index (χ1n) is 7.91. The molecule has 124 valence electrons. The number of rotatable bonds is 7. The highest BCUT2D eigenvalue weighted by atomic mass is 16.5. The van der Waals surface area contributed by atoms with Gasteiger partial charge in [0, 0.05) is 25.9 Å². The molecule has 0 saturated heterocycles. The average Bonchev–Trinajstić information content (AvgIpc) is 2.96. The monoisotopic (exact) mass is 315 g/mol. The van der Waals surface area contributed by atoms with Gasteiger partial charge in [0.05, 0.1) is 7.11 Å². The van der Waals surface area contributed by atoms with Crippen molar-refractivity contribution in [2.45, 2.75) is 32.7 Å². The number of carbonyl (C=O) groups excluding carboxylic acids is 1. The van der Waals surface area contributed by atoms with Crippen molar-refractivity contribution in [1.29, 1.82) is 0 Å². The van der Waals surface area contributed by atoms with Crippen LogP contribution in [0.15, 0.2) is 36.7 Å². The van der Waals surface area contributed by atoms with E-state index in [1.165, 1.54) is 0 Å². The standard InChI is InChI=1S/C18H25N3O2/c1-13(2)5-10-16(22)20-17(18-19-11-12-21(18)3)14-6-8-15(23-4)9-7-14/h6-9,11-13,17H,5,10H2,1-4H3,(H,20,22). The minimum atomic E-state index is -0.263. The lowest BCUT2D eigenvalue weighted by molar-refractivity contribution is -0.121. The number of methoxy groups -OCH3 is 1. The van der Waals surface area contributed by atoms with E-state index < -0.39 is 0 Å². The van der Waals surface area contributed by atoms with Gasteiger partial charge >= 0.3 is 0 Å². The third-order valence-electron chi connectivity index (χ3n) is 3.82. The van der Waals surface area contributed by atoms with Crippen molar-refractivity contribution in [3.05, 3.63) is 48.0 Å². The molecule has 5 heteroatoms. The first-order chi connectivity index (χ1) is 11.0. The molecule has 5 nitrogen and oxygen atoms in total. The summed E-state index contributed by atoms with van der Waals surface area (Å²) in [5.74, 6) is 2.16. The van der Waals surface area contributed by atoms with Crippen LogP contribution in [0.4, 0.5) is 0 Å². The molecule has 0 aliphatic carbocycles. The highest BCUT2D eigenvalue weighted by Gasteiger charge is 2.20. The van der Waals surface area contributed by atoms with Crippen molar-refractivity contribution in [3.63, 3.8) is 0 Å². The molecule has 1 atom stereocenters. The molecule has 1 aromatic carbocycles. The number of amides is 1. The van der Waals surface area contributed by atoms with E-state index in [4.69, 9.17) is 4.74 Å². The van der Waals surface area contributed by atoms with Crippen molar-refractivity contribution in [2.24, 2.45) is 13.0 Å². The van der Waals surface area contributed by atoms with E-state index in [0.717, 1.165) is 23.6 Å². The van der Waals surface area contributed by atoms with Crippen molar-refractivity contribution >= 4 is 5.91 Å². The minimum absolute atomic E-state index is 0.0440. The molecule has 23 heavy (non-hydrogen) atoms. The van der Waals surface area contributed by atoms with Crippen molar-refractivity contribution in [2.75, 3.05) is 7.11 Å². The largest absolute Gasteiger partial charge is 0.497 e. The van der Waals surface area contributed by atoms with Gasteiger partial charge in [-0.1, -0.05) is 26.0 Å². The molecule has 0 saturated carbocycles. The van der Waals surface area contributed by atoms with E-state index >= 15 is 0 Å². The molecule has 2 aromatic rings. The van der Waals surface area contributed by atoms with Crippen LogP contribution in [0.1, 0.15) is 44.1 Å². The van der Waals surface area contributed by atoms with E-state index in [1.54, 1.807) is 13.3 Å². The first kappa shape index (κ1) is 17.1. The van der Waals surface area contributed by atoms with Gasteiger partial charge in [-0.2, -0.15) is 0 Å². The maximum atomic E-state index is 12.3. The number of benzene rings is 1. The van der Waals surface area contributed by atoms with Gasteiger partial charge in [-0.05, 0) is 30.0 Å². The summed E-state index contributed by atoms with van der Waals surface area (Å²) in [6.07, 6.45) is 5.02. The fraction of sp³-hybridized carbons (Fsp3) is 0.444. The van der Waals surface area contributed by atoms with Gasteiger partial charge in [-0.15, -0.1) is 0 Å². The Bertz CT molecular complexity index is 632. The van der Waals surface area contributed by atoms with Gasteiger partial charge in [0.1, 0.15) is 17.6 Å². The average molecular weight is 315 g/mol. The number of carbonyl (C=O) groups is 1. The molecule has 0 fully saturated rings. The summed E-state index contributed by atoms with van der Waals surface area (Å²) in [7, 11) is 3.57. The Hall–Kier alpha value is -2.30. The second-order valence-electron chi connectivity index (χ2n) is 6.10. The van der Waals surface area contributed by atoms with E-state index in [2.05, 4.69) is 24.1 Å². The summed E-state index contributed by atoms with van der Waals surface area (Å²) in [4.78, 5) is 16.7. The predicted octanol–water partition coefficient (Wildman–Crippen LogP) is 3.07. The highest BCUT2D eigenvalue weighted by Crippen LogP contribution is 2.23. The molecule has 1 amide bonds. The maximum absolute atomic E-state index is 12.3. The van der Waals surface area contributed by atoms with Crippen LogP contribution in [0.2, 0.25) is 0 Å². The molecule has 0 aliphatic rings. The Morgan fingerprint density at radius 1 is 1.30 bits per heavy atom. The SMILES string of the molecule is COc1ccc(C(NC(=O)CCC(C)C)c2nccn2C)cc1. The number of hydrogen-bond donors (Lipinski definition) is 1. The predicted molar refractivity (Wildman–Crippen MR) is 90.3 cm³/mol. The smallest absolute Gasteiger partial charge is 0.220 e. The Morgan fingerprint density at radius 3 is 2.52 bits per heavy atom. The zero-order valence-corrected chi connectivity index (χ0v) is 14.2. The summed E-state index contributed by atoms with van der Waals surface area (Å²) in [5.41, 5.74) is 0.984. The first-order valence-corrected chi connectivity index (χ1v) is 7.91. The van der Waals surface area contributed by atoms with Crippen LogP contribution < -0.4 is 10.1 Å². The van der Waals surface area contributed by atoms with Crippen LogP contribution in [0.5, 0.6) is 5.75 Å². The van der Waals surface area contributed by atoms with Crippen LogP contribution in [0.25, 0.3) is 0 Å². The second-order valence-corrected chi connectivity index (χ2v) is 6.10. The molecule has 2 rings (SSSR count). The van der Waals surface area contributed by atoms with Gasteiger partial charge in [0.2, 0.25) is 5.91 Å². The molecule has 1 heterocycles. The third-order valence-corrected chi connectivity index (χ3v) is 3.82. The molecule has 1 N–H and O–H groups in total. The molecule has 1 unspecified atom stereocenters. The minimum Gasteiger partial charge on any atom is -0.497 e. The quantitative estimate of drug-likeness (QED) is 0.854. The summed E-state index contributed by atoms with van der Waals surface area (Å²) in [6.45, 7) is 4.24. The Balaban J connectivity index is 2.21. The molecule has 1 aromatic heterocycles. The van der Waals surface area contributed by atoms with E-state index in [-0.39, 0.29) is 11.9 Å².